The average Bonchev–Trinajstić information content (AvgIpc) is 3.51. The fourth-order valence-electron chi connectivity index (χ4n) is 4.79. The van der Waals surface area contributed by atoms with Crippen LogP contribution in [0.1, 0.15) is 63.0 Å². The summed E-state index contributed by atoms with van der Waals surface area (Å²) in [6, 6.07) is 4.78. The van der Waals surface area contributed by atoms with Crippen LogP contribution in [0, 0.1) is 12.8 Å². The normalized spacial score (nSPS) is 17.3. The van der Waals surface area contributed by atoms with Crippen molar-refractivity contribution in [3.63, 3.8) is 0 Å². The van der Waals surface area contributed by atoms with Gasteiger partial charge in [-0.05, 0) is 43.9 Å². The van der Waals surface area contributed by atoms with E-state index < -0.39 is 6.04 Å². The number of hydrogen-bond donors (Lipinski definition) is 3. The summed E-state index contributed by atoms with van der Waals surface area (Å²) in [6.07, 6.45) is 3.49. The second kappa shape index (κ2) is 14.6. The second-order valence-electron chi connectivity index (χ2n) is 10.9. The Morgan fingerprint density at radius 1 is 1.24 bits per heavy atom. The third-order valence-electron chi connectivity index (χ3n) is 7.17. The molecule has 0 unspecified atom stereocenters. The molecule has 0 aliphatic carbocycles. The van der Waals surface area contributed by atoms with E-state index in [1.54, 1.807) is 14.0 Å². The molecule has 3 aromatic rings. The van der Waals surface area contributed by atoms with Crippen LogP contribution in [0.25, 0.3) is 11.5 Å². The molecule has 4 bridgehead atoms. The van der Waals surface area contributed by atoms with Crippen LogP contribution in [0.5, 0.6) is 11.5 Å². The molecular weight excluding hydrogens is 560 g/mol. The van der Waals surface area contributed by atoms with Gasteiger partial charge >= 0.3 is 0 Å². The zero-order valence-electron chi connectivity index (χ0n) is 25.0. The molecule has 1 aliphatic heterocycles. The monoisotopic (exact) mass is 600 g/mol. The number of carbonyl (C=O) groups excluding carboxylic acids is 2. The molecule has 11 nitrogen and oxygen atoms in total. The number of nitrogens with zero attached hydrogens (tertiary/aromatic N) is 3. The lowest BCUT2D eigenvalue weighted by molar-refractivity contribution is -0.130. The van der Waals surface area contributed by atoms with Gasteiger partial charge in [0.05, 0.1) is 32.5 Å². The molecule has 1 aliphatic rings. The minimum absolute atomic E-state index is 0.0701. The van der Waals surface area contributed by atoms with Gasteiger partial charge in [-0.25, -0.2) is 9.97 Å². The van der Waals surface area contributed by atoms with E-state index in [9.17, 15) is 9.59 Å². The number of H-pyrrole nitrogens is 1. The number of rotatable bonds is 7. The molecule has 1 aromatic carbocycles. The van der Waals surface area contributed by atoms with Gasteiger partial charge in [0.2, 0.25) is 17.7 Å². The van der Waals surface area contributed by atoms with Crippen molar-refractivity contribution < 1.29 is 23.5 Å². The molecule has 0 saturated carbocycles. The van der Waals surface area contributed by atoms with E-state index in [0.29, 0.717) is 60.1 Å². The van der Waals surface area contributed by atoms with E-state index in [1.807, 2.05) is 36.9 Å². The molecule has 0 spiro atoms. The molecule has 2 amide bonds. The first-order chi connectivity index (χ1) is 20.2. The number of ether oxygens (including phenoxy) is 2. The molecule has 12 heteroatoms. The maximum Gasteiger partial charge on any atom is 0.243 e. The fourth-order valence-corrected chi connectivity index (χ4v) is 5.00. The summed E-state index contributed by atoms with van der Waals surface area (Å²) >= 11 is 6.47. The van der Waals surface area contributed by atoms with Crippen LogP contribution < -0.4 is 20.1 Å². The van der Waals surface area contributed by atoms with E-state index in [2.05, 4.69) is 32.5 Å². The van der Waals surface area contributed by atoms with Crippen molar-refractivity contribution in [3.05, 3.63) is 46.3 Å². The molecule has 2 aromatic heterocycles. The second-order valence-corrected chi connectivity index (χ2v) is 11.2. The number of aryl methyl sites for hydroxylation is 2. The Bertz CT molecular complexity index is 1370. The number of nitrogens with one attached hydrogen (secondary N) is 3. The molecule has 3 heterocycles. The van der Waals surface area contributed by atoms with E-state index in [-0.39, 0.29) is 30.8 Å². The molecule has 4 rings (SSSR count). The minimum atomic E-state index is -0.714. The molecule has 3 N–H and O–H groups in total. The van der Waals surface area contributed by atoms with Crippen LogP contribution in [-0.4, -0.2) is 64.5 Å². The number of methoxy groups -OCH3 is 1. The Morgan fingerprint density at radius 2 is 2.05 bits per heavy atom. The summed E-state index contributed by atoms with van der Waals surface area (Å²) in [7, 11) is 1.59. The highest BCUT2D eigenvalue weighted by Gasteiger charge is 2.26. The highest BCUT2D eigenvalue weighted by molar-refractivity contribution is 6.30. The van der Waals surface area contributed by atoms with Crippen molar-refractivity contribution in [1.29, 1.82) is 0 Å². The molecular formula is C30H41ClN6O5. The first kappa shape index (κ1) is 31.4. The van der Waals surface area contributed by atoms with Crippen molar-refractivity contribution in [3.8, 4) is 23.0 Å². The van der Waals surface area contributed by atoms with Gasteiger partial charge in [-0.3, -0.25) is 14.5 Å². The Labute approximate surface area is 251 Å². The number of fused-ring (bicyclic) bond motifs is 5. The number of halogens is 1. The van der Waals surface area contributed by atoms with Crippen LogP contribution in [0.15, 0.2) is 22.6 Å². The van der Waals surface area contributed by atoms with Crippen LogP contribution in [0.3, 0.4) is 0 Å². The summed E-state index contributed by atoms with van der Waals surface area (Å²) in [5.41, 5.74) is 2.09. The fraction of sp³-hybridized carbons (Fsp3) is 0.533. The van der Waals surface area contributed by atoms with Crippen molar-refractivity contribution in [1.82, 2.24) is 30.5 Å². The molecule has 42 heavy (non-hydrogen) atoms. The topological polar surface area (TPSA) is 135 Å². The quantitative estimate of drug-likeness (QED) is 0.363. The number of aromatic amines is 1. The smallest absolute Gasteiger partial charge is 0.243 e. The Balaban J connectivity index is 1.60. The third-order valence-corrected chi connectivity index (χ3v) is 7.48. The Hall–Kier alpha value is -3.57. The van der Waals surface area contributed by atoms with Gasteiger partial charge in [-0.2, -0.15) is 0 Å². The molecule has 0 radical (unpaired) electrons. The number of aromatic nitrogens is 3. The molecule has 1 atom stereocenters. The Morgan fingerprint density at radius 3 is 2.79 bits per heavy atom. The first-order valence-corrected chi connectivity index (χ1v) is 14.9. The van der Waals surface area contributed by atoms with Gasteiger partial charge in [0, 0.05) is 25.1 Å². The van der Waals surface area contributed by atoms with Crippen molar-refractivity contribution >= 4 is 23.4 Å². The molecule has 0 fully saturated rings. The standard InChI is InChI=1S/C30H41ClN6O5/c1-6-7-9-25-33-22(28(31)35-25)16-37-12-8-13-41-24-14-20(10-11-23(24)40-5)30-34-21(19(4)42-30)15-32-29(39)27(18(2)3)36-26(38)17-37/h10-11,14,18,27H,6-9,12-13,15-17H2,1-5H3,(H,32,39)(H,33,35)(H,36,38)/t27-/m0/s1. The van der Waals surface area contributed by atoms with Crippen LogP contribution >= 0.6 is 11.6 Å². The molecule has 0 saturated heterocycles. The van der Waals surface area contributed by atoms with Crippen LogP contribution in [0.2, 0.25) is 5.15 Å². The lowest BCUT2D eigenvalue weighted by Crippen LogP contribution is -2.51. The summed E-state index contributed by atoms with van der Waals surface area (Å²) in [4.78, 5) is 40.8. The van der Waals surface area contributed by atoms with Crippen molar-refractivity contribution in [2.45, 2.75) is 72.5 Å². The summed E-state index contributed by atoms with van der Waals surface area (Å²) in [5, 5.41) is 6.24. The van der Waals surface area contributed by atoms with E-state index in [0.717, 1.165) is 36.3 Å². The predicted octanol–water partition coefficient (Wildman–Crippen LogP) is 4.42. The van der Waals surface area contributed by atoms with Crippen LogP contribution in [-0.2, 0) is 29.1 Å². The zero-order chi connectivity index (χ0) is 30.2. The summed E-state index contributed by atoms with van der Waals surface area (Å²) < 4.78 is 17.6. The van der Waals surface area contributed by atoms with Crippen LogP contribution in [0.4, 0.5) is 0 Å². The largest absolute Gasteiger partial charge is 0.493 e. The van der Waals surface area contributed by atoms with E-state index in [4.69, 9.17) is 25.5 Å². The number of hydrogen-bond acceptors (Lipinski definition) is 8. The maximum atomic E-state index is 13.3. The van der Waals surface area contributed by atoms with Gasteiger partial charge < -0.3 is 29.5 Å². The van der Waals surface area contributed by atoms with Crippen molar-refractivity contribution in [2.75, 3.05) is 26.8 Å². The van der Waals surface area contributed by atoms with Gasteiger partial charge in [-0.15, -0.1) is 0 Å². The number of carbonyl (C=O) groups is 2. The number of oxazole rings is 1. The number of benzene rings is 1. The van der Waals surface area contributed by atoms with E-state index in [1.165, 1.54) is 0 Å². The predicted molar refractivity (Wildman–Crippen MR) is 159 cm³/mol. The van der Waals surface area contributed by atoms with E-state index >= 15 is 0 Å². The van der Waals surface area contributed by atoms with Gasteiger partial charge in [0.1, 0.15) is 23.3 Å². The minimum Gasteiger partial charge on any atom is -0.493 e. The SMILES string of the molecule is CCCCc1nc(Cl)c(CN2CCCOc3cc(ccc3OC)-c3nc(c(C)o3)CNC(=O)[C@H](C(C)C)NC(=O)C2)[nH]1. The van der Waals surface area contributed by atoms with Gasteiger partial charge in [-0.1, -0.05) is 38.8 Å². The Kier molecular flexibility index (Phi) is 10.9. The number of unbranched alkanes of at least 4 members (excludes halogenated alkanes) is 1. The summed E-state index contributed by atoms with van der Waals surface area (Å²) in [5.74, 6) is 2.32. The van der Waals surface area contributed by atoms with Crippen molar-refractivity contribution in [2.24, 2.45) is 5.92 Å². The third kappa shape index (κ3) is 8.04. The molecule has 228 valence electrons. The lowest BCUT2D eigenvalue weighted by atomic mass is 10.0. The first-order valence-electron chi connectivity index (χ1n) is 14.5. The number of amides is 2. The van der Waals surface area contributed by atoms with Gasteiger partial charge in [0.15, 0.2) is 16.7 Å². The summed E-state index contributed by atoms with van der Waals surface area (Å²) in [6.45, 7) is 9.27. The van der Waals surface area contributed by atoms with Gasteiger partial charge in [0.25, 0.3) is 0 Å². The average molecular weight is 601 g/mol. The zero-order valence-corrected chi connectivity index (χ0v) is 25.8. The number of imidazole rings is 1. The maximum absolute atomic E-state index is 13.3. The highest BCUT2D eigenvalue weighted by atomic mass is 35.5. The highest BCUT2D eigenvalue weighted by Crippen LogP contribution is 2.33. The lowest BCUT2D eigenvalue weighted by Gasteiger charge is -2.25.